The Kier molecular flexibility index (Phi) is 6.07. The van der Waals surface area contributed by atoms with Crippen LogP contribution in [0.2, 0.25) is 0 Å². The number of alkyl halides is 6. The summed E-state index contributed by atoms with van der Waals surface area (Å²) < 4.78 is 104. The number of amides is 3. The van der Waals surface area contributed by atoms with Gasteiger partial charge in [-0.3, -0.25) is 10.1 Å². The minimum absolute atomic E-state index is 0.259. The molecule has 30 heavy (non-hydrogen) atoms. The molecule has 2 aromatic carbocycles. The molecule has 0 radical (unpaired) electrons. The number of anilines is 1. The lowest BCUT2D eigenvalue weighted by Gasteiger charge is -2.32. The smallest absolute Gasteiger partial charge is 0.369 e. The van der Waals surface area contributed by atoms with Crippen molar-refractivity contribution in [2.45, 2.75) is 18.0 Å². The number of benzene rings is 2. The highest BCUT2D eigenvalue weighted by Gasteiger charge is 2.71. The fourth-order valence-electron chi connectivity index (χ4n) is 2.33. The maximum atomic E-state index is 13.5. The van der Waals surface area contributed by atoms with Crippen LogP contribution < -0.4 is 10.6 Å². The predicted molar refractivity (Wildman–Crippen MR) is 85.3 cm³/mol. The average Bonchev–Trinajstić information content (AvgIpc) is 2.59. The Bertz CT molecular complexity index is 921. The average molecular weight is 442 g/mol. The minimum Gasteiger partial charge on any atom is -0.369 e. The minimum atomic E-state index is -6.09. The molecule has 5 nitrogen and oxygen atoms in total. The molecule has 0 heterocycles. The molecule has 0 saturated heterocycles. The van der Waals surface area contributed by atoms with Crippen molar-refractivity contribution in [2.75, 3.05) is 5.32 Å². The van der Waals surface area contributed by atoms with Crippen LogP contribution in [-0.4, -0.2) is 29.4 Å². The van der Waals surface area contributed by atoms with E-state index in [4.69, 9.17) is 0 Å². The first-order valence-electron chi connectivity index (χ1n) is 7.71. The van der Waals surface area contributed by atoms with Gasteiger partial charge in [-0.25, -0.2) is 13.6 Å². The summed E-state index contributed by atoms with van der Waals surface area (Å²) in [4.78, 5) is 23.5. The molecule has 2 rings (SSSR count). The Balaban J connectivity index is 2.18. The highest BCUT2D eigenvalue weighted by Crippen LogP contribution is 2.50. The normalized spacial score (nSPS) is 12.4. The summed E-state index contributed by atoms with van der Waals surface area (Å²) in [5.41, 5.74) is -8.19. The fraction of sp³-hybridized carbons (Fsp3) is 0.176. The van der Waals surface area contributed by atoms with Crippen LogP contribution in [0.1, 0.15) is 15.9 Å². The third-order valence-electron chi connectivity index (χ3n) is 3.80. The standard InChI is InChI=1S/C17H10F8N2O3/c18-10-2-1-3-11(19)12(10)13(28)27-14(29)26-9-6-4-8(5-7-9)15(30,16(20,21)22)17(23,24)25/h1-7,30H,(H2,26,27,28,29). The van der Waals surface area contributed by atoms with Crippen molar-refractivity contribution in [3.63, 3.8) is 0 Å². The van der Waals surface area contributed by atoms with Crippen molar-refractivity contribution in [1.29, 1.82) is 0 Å². The molecule has 0 unspecified atom stereocenters. The molecule has 0 aliphatic carbocycles. The SMILES string of the molecule is O=C(NC(=O)c1c(F)cccc1F)Nc1ccc(C(O)(C(F)(F)F)C(F)(F)F)cc1. The van der Waals surface area contributed by atoms with Crippen molar-refractivity contribution >= 4 is 17.6 Å². The number of urea groups is 1. The third-order valence-corrected chi connectivity index (χ3v) is 3.80. The Hall–Kier alpha value is -3.22. The Labute approximate surface area is 162 Å². The van der Waals surface area contributed by atoms with E-state index in [0.717, 1.165) is 18.2 Å². The topological polar surface area (TPSA) is 78.4 Å². The Morgan fingerprint density at radius 2 is 1.27 bits per heavy atom. The first-order chi connectivity index (χ1) is 13.7. The van der Waals surface area contributed by atoms with Gasteiger partial charge in [0.1, 0.15) is 17.2 Å². The lowest BCUT2D eigenvalue weighted by molar-refractivity contribution is -0.376. The lowest BCUT2D eigenvalue weighted by Crippen LogP contribution is -2.53. The van der Waals surface area contributed by atoms with Gasteiger partial charge >= 0.3 is 18.4 Å². The first-order valence-corrected chi connectivity index (χ1v) is 7.71. The van der Waals surface area contributed by atoms with Crippen LogP contribution in [-0.2, 0) is 5.60 Å². The highest BCUT2D eigenvalue weighted by atomic mass is 19.4. The van der Waals surface area contributed by atoms with Crippen LogP contribution >= 0.6 is 0 Å². The molecule has 3 amide bonds. The summed E-state index contributed by atoms with van der Waals surface area (Å²) in [6, 6.07) is 2.78. The van der Waals surface area contributed by atoms with Gasteiger partial charge in [0, 0.05) is 11.3 Å². The Morgan fingerprint density at radius 3 is 1.70 bits per heavy atom. The summed E-state index contributed by atoms with van der Waals surface area (Å²) in [7, 11) is 0. The summed E-state index contributed by atoms with van der Waals surface area (Å²) >= 11 is 0. The molecule has 2 aromatic rings. The van der Waals surface area contributed by atoms with Crippen LogP contribution in [0, 0.1) is 11.6 Å². The van der Waals surface area contributed by atoms with E-state index < -0.39 is 52.7 Å². The maximum Gasteiger partial charge on any atom is 0.430 e. The number of halogens is 8. The molecule has 0 atom stereocenters. The molecule has 0 spiro atoms. The zero-order valence-corrected chi connectivity index (χ0v) is 14.3. The fourth-order valence-corrected chi connectivity index (χ4v) is 2.33. The Morgan fingerprint density at radius 1 is 0.800 bits per heavy atom. The molecular weight excluding hydrogens is 432 g/mol. The number of aliphatic hydroxyl groups is 1. The number of carbonyl (C=O) groups excluding carboxylic acids is 2. The van der Waals surface area contributed by atoms with Crippen molar-refractivity contribution in [1.82, 2.24) is 5.32 Å². The van der Waals surface area contributed by atoms with Gasteiger partial charge in [0.05, 0.1) is 0 Å². The summed E-state index contributed by atoms with van der Waals surface area (Å²) in [6.07, 6.45) is -12.2. The van der Waals surface area contributed by atoms with Gasteiger partial charge in [0.2, 0.25) is 0 Å². The van der Waals surface area contributed by atoms with E-state index in [1.165, 1.54) is 0 Å². The molecule has 13 heteroatoms. The van der Waals surface area contributed by atoms with E-state index in [2.05, 4.69) is 0 Å². The number of carbonyl (C=O) groups is 2. The van der Waals surface area contributed by atoms with E-state index in [-0.39, 0.29) is 17.8 Å². The van der Waals surface area contributed by atoms with Gasteiger partial charge in [0.25, 0.3) is 11.5 Å². The van der Waals surface area contributed by atoms with Gasteiger partial charge in [-0.2, -0.15) is 26.3 Å². The van der Waals surface area contributed by atoms with E-state index in [0.29, 0.717) is 12.1 Å². The largest absolute Gasteiger partial charge is 0.430 e. The summed E-state index contributed by atoms with van der Waals surface area (Å²) in [5.74, 6) is -4.03. The third kappa shape index (κ3) is 4.35. The van der Waals surface area contributed by atoms with Gasteiger partial charge in [-0.15, -0.1) is 0 Å². The van der Waals surface area contributed by atoms with Crippen molar-refractivity contribution in [2.24, 2.45) is 0 Å². The van der Waals surface area contributed by atoms with Gasteiger partial charge in [0.15, 0.2) is 0 Å². The van der Waals surface area contributed by atoms with Gasteiger partial charge in [-0.05, 0) is 24.3 Å². The molecule has 0 bridgehead atoms. The quantitative estimate of drug-likeness (QED) is 0.623. The van der Waals surface area contributed by atoms with Crippen LogP contribution in [0.5, 0.6) is 0 Å². The van der Waals surface area contributed by atoms with Crippen LogP contribution in [0.3, 0.4) is 0 Å². The number of hydrogen-bond acceptors (Lipinski definition) is 3. The molecule has 0 fully saturated rings. The molecule has 0 aromatic heterocycles. The number of nitrogens with one attached hydrogen (secondary N) is 2. The zero-order chi connectivity index (χ0) is 22.9. The maximum absolute atomic E-state index is 13.5. The second-order valence-electron chi connectivity index (χ2n) is 5.79. The monoisotopic (exact) mass is 442 g/mol. The highest BCUT2D eigenvalue weighted by molar-refractivity contribution is 6.08. The molecular formula is C17H10F8N2O3. The lowest BCUT2D eigenvalue weighted by atomic mass is 9.92. The summed E-state index contributed by atoms with van der Waals surface area (Å²) in [6.45, 7) is 0. The van der Waals surface area contributed by atoms with Crippen molar-refractivity contribution in [3.8, 4) is 0 Å². The van der Waals surface area contributed by atoms with E-state index in [1.54, 1.807) is 5.32 Å². The van der Waals surface area contributed by atoms with E-state index in [1.807, 2.05) is 5.32 Å². The number of hydrogen-bond donors (Lipinski definition) is 3. The number of imide groups is 1. The number of rotatable bonds is 3. The van der Waals surface area contributed by atoms with Crippen molar-refractivity contribution in [3.05, 3.63) is 65.2 Å². The van der Waals surface area contributed by atoms with Gasteiger partial charge in [-0.1, -0.05) is 18.2 Å². The second-order valence-corrected chi connectivity index (χ2v) is 5.79. The second kappa shape index (κ2) is 7.89. The molecule has 0 aliphatic rings. The zero-order valence-electron chi connectivity index (χ0n) is 14.3. The molecule has 3 N–H and O–H groups in total. The van der Waals surface area contributed by atoms with Crippen molar-refractivity contribution < 1.29 is 49.8 Å². The van der Waals surface area contributed by atoms with Gasteiger partial charge < -0.3 is 10.4 Å². The van der Waals surface area contributed by atoms with Crippen LogP contribution in [0.4, 0.5) is 45.6 Å². The molecule has 0 saturated carbocycles. The van der Waals surface area contributed by atoms with Crippen LogP contribution in [0.15, 0.2) is 42.5 Å². The predicted octanol–water partition coefficient (Wildman–Crippen LogP) is 4.24. The molecule has 162 valence electrons. The van der Waals surface area contributed by atoms with E-state index in [9.17, 15) is 49.8 Å². The molecule has 0 aliphatic heterocycles. The summed E-state index contributed by atoms with van der Waals surface area (Å²) in [5, 5.41) is 12.7. The van der Waals surface area contributed by atoms with Crippen LogP contribution in [0.25, 0.3) is 0 Å². The van der Waals surface area contributed by atoms with E-state index >= 15 is 0 Å². The first kappa shape index (κ1) is 23.1.